The second kappa shape index (κ2) is 7.96. The van der Waals surface area contributed by atoms with Gasteiger partial charge in [0.25, 0.3) is 0 Å². The zero-order chi connectivity index (χ0) is 22.2. The molecule has 3 aromatic heterocycles. The Bertz CT molecular complexity index is 1010. The van der Waals surface area contributed by atoms with Crippen molar-refractivity contribution in [3.63, 3.8) is 0 Å². The molecule has 0 aromatic carbocycles. The molecule has 0 spiro atoms. The molecule has 2 N–H and O–H groups in total. The second-order valence-electron chi connectivity index (χ2n) is 9.71. The quantitative estimate of drug-likeness (QED) is 0.641. The number of methoxy groups -OCH3 is 1. The molecule has 1 saturated heterocycles. The van der Waals surface area contributed by atoms with Crippen molar-refractivity contribution in [2.75, 3.05) is 19.1 Å². The second-order valence-corrected chi connectivity index (χ2v) is 9.71. The maximum atomic E-state index is 5.52. The first-order chi connectivity index (χ1) is 14.7. The van der Waals surface area contributed by atoms with Crippen LogP contribution in [0.1, 0.15) is 40.5 Å². The van der Waals surface area contributed by atoms with Crippen LogP contribution in [0.5, 0.6) is 5.88 Å². The summed E-state index contributed by atoms with van der Waals surface area (Å²) in [5.74, 6) is 1.54. The van der Waals surface area contributed by atoms with Crippen LogP contribution in [-0.2, 0) is 0 Å². The third kappa shape index (κ3) is 4.56. The van der Waals surface area contributed by atoms with E-state index in [9.17, 15) is 0 Å². The summed E-state index contributed by atoms with van der Waals surface area (Å²) in [6.07, 6.45) is 7.63. The fourth-order valence-corrected chi connectivity index (χ4v) is 4.85. The summed E-state index contributed by atoms with van der Waals surface area (Å²) in [4.78, 5) is 11.8. The van der Waals surface area contributed by atoms with E-state index in [-0.39, 0.29) is 11.1 Å². The Labute approximate surface area is 184 Å². The molecule has 0 atom stereocenters. The van der Waals surface area contributed by atoms with Crippen LogP contribution in [-0.4, -0.2) is 51.4 Å². The third-order valence-electron chi connectivity index (χ3n) is 5.98. The molecule has 7 heteroatoms. The lowest BCUT2D eigenvalue weighted by molar-refractivity contribution is 0.160. The van der Waals surface area contributed by atoms with Gasteiger partial charge in [-0.2, -0.15) is 5.10 Å². The molecule has 7 nitrogen and oxygen atoms in total. The van der Waals surface area contributed by atoms with Gasteiger partial charge < -0.3 is 15.0 Å². The molecular weight excluding hydrogens is 388 g/mol. The van der Waals surface area contributed by atoms with E-state index >= 15 is 0 Å². The molecule has 3 aromatic rings. The first-order valence-corrected chi connectivity index (χ1v) is 10.7. The van der Waals surface area contributed by atoms with Crippen molar-refractivity contribution in [2.24, 2.45) is 0 Å². The van der Waals surface area contributed by atoms with E-state index in [1.807, 2.05) is 24.5 Å². The number of nitrogens with zero attached hydrogens (tertiary/aromatic N) is 4. The summed E-state index contributed by atoms with van der Waals surface area (Å²) in [6, 6.07) is 8.58. The van der Waals surface area contributed by atoms with Crippen molar-refractivity contribution in [3.8, 4) is 28.3 Å². The molecule has 0 saturated carbocycles. The maximum Gasteiger partial charge on any atom is 0.221 e. The molecule has 4 rings (SSSR count). The predicted octanol–water partition coefficient (Wildman–Crippen LogP) is 4.29. The minimum absolute atomic E-state index is 0.0951. The topological polar surface area (TPSA) is 79.0 Å². The van der Waals surface area contributed by atoms with E-state index in [0.29, 0.717) is 11.9 Å². The van der Waals surface area contributed by atoms with Crippen LogP contribution in [0.25, 0.3) is 22.4 Å². The first-order valence-electron chi connectivity index (χ1n) is 10.7. The molecule has 0 amide bonds. The number of hydrogen-bond acceptors (Lipinski definition) is 6. The van der Waals surface area contributed by atoms with Gasteiger partial charge in [0.1, 0.15) is 5.82 Å². The van der Waals surface area contributed by atoms with Crippen molar-refractivity contribution in [3.05, 3.63) is 42.9 Å². The smallest absolute Gasteiger partial charge is 0.221 e. The van der Waals surface area contributed by atoms with E-state index in [1.54, 1.807) is 13.3 Å². The highest BCUT2D eigenvalue weighted by atomic mass is 16.5. The van der Waals surface area contributed by atoms with Crippen LogP contribution >= 0.6 is 0 Å². The number of pyridine rings is 2. The van der Waals surface area contributed by atoms with E-state index in [1.165, 1.54) is 0 Å². The Hall–Kier alpha value is -2.93. The Morgan fingerprint density at radius 3 is 2.32 bits per heavy atom. The predicted molar refractivity (Wildman–Crippen MR) is 124 cm³/mol. The van der Waals surface area contributed by atoms with E-state index in [0.717, 1.165) is 41.0 Å². The summed E-state index contributed by atoms with van der Waals surface area (Å²) in [5, 5.41) is 10.6. The third-order valence-corrected chi connectivity index (χ3v) is 5.98. The fourth-order valence-electron chi connectivity index (χ4n) is 4.85. The molecule has 0 unspecified atom stereocenters. The van der Waals surface area contributed by atoms with Gasteiger partial charge in [-0.1, -0.05) is 0 Å². The van der Waals surface area contributed by atoms with Crippen molar-refractivity contribution < 1.29 is 4.74 Å². The zero-order valence-corrected chi connectivity index (χ0v) is 19.2. The largest absolute Gasteiger partial charge is 0.481 e. The number of rotatable bonds is 5. The lowest BCUT2D eigenvalue weighted by Gasteiger charge is -2.49. The summed E-state index contributed by atoms with van der Waals surface area (Å²) in [6.45, 7) is 9.10. The van der Waals surface area contributed by atoms with Crippen molar-refractivity contribution >= 4 is 5.82 Å². The van der Waals surface area contributed by atoms with Gasteiger partial charge in [-0.3, -0.25) is 5.10 Å². The Kier molecular flexibility index (Phi) is 5.47. The van der Waals surface area contributed by atoms with Crippen molar-refractivity contribution in [1.29, 1.82) is 0 Å². The lowest BCUT2D eigenvalue weighted by Crippen LogP contribution is -2.62. The number of ether oxygens (including phenoxy) is 1. The summed E-state index contributed by atoms with van der Waals surface area (Å²) < 4.78 is 5.52. The molecule has 4 heterocycles. The molecule has 0 bridgehead atoms. The van der Waals surface area contributed by atoms with Gasteiger partial charge in [0.05, 0.1) is 19.0 Å². The van der Waals surface area contributed by atoms with Gasteiger partial charge >= 0.3 is 0 Å². The number of anilines is 1. The lowest BCUT2D eigenvalue weighted by atomic mass is 9.79. The number of H-pyrrole nitrogens is 1. The molecule has 164 valence electrons. The SMILES string of the molecule is COc1nc(-c2ccc(N(C)C3CC(C)(C)NC(C)(C)C3)nc2)ccc1-c1cn[nH]c1. The number of hydrogen-bond donors (Lipinski definition) is 2. The molecule has 1 aliphatic rings. The molecule has 1 fully saturated rings. The summed E-state index contributed by atoms with van der Waals surface area (Å²) in [5.41, 5.74) is 3.82. The number of aromatic amines is 1. The zero-order valence-electron chi connectivity index (χ0n) is 19.2. The summed E-state index contributed by atoms with van der Waals surface area (Å²) >= 11 is 0. The van der Waals surface area contributed by atoms with Crippen molar-refractivity contribution in [2.45, 2.75) is 57.7 Å². The van der Waals surface area contributed by atoms with Gasteiger partial charge in [-0.05, 0) is 64.8 Å². The van der Waals surface area contributed by atoms with Gasteiger partial charge in [-0.25, -0.2) is 9.97 Å². The van der Waals surface area contributed by atoms with E-state index < -0.39 is 0 Å². The number of piperidine rings is 1. The monoisotopic (exact) mass is 420 g/mol. The van der Waals surface area contributed by atoms with Gasteiger partial charge in [0, 0.05) is 53.3 Å². The fraction of sp³-hybridized carbons (Fsp3) is 0.458. The normalized spacial score (nSPS) is 18.0. The number of aromatic nitrogens is 4. The highest BCUT2D eigenvalue weighted by molar-refractivity contribution is 5.71. The molecule has 31 heavy (non-hydrogen) atoms. The molecule has 0 radical (unpaired) electrons. The Morgan fingerprint density at radius 2 is 1.74 bits per heavy atom. The van der Waals surface area contributed by atoms with Crippen LogP contribution in [0, 0.1) is 0 Å². The van der Waals surface area contributed by atoms with Gasteiger partial charge in [0.2, 0.25) is 5.88 Å². The molecule has 1 aliphatic heterocycles. The standard InChI is InChI=1S/C24H32N6O/c1-23(2)11-18(12-24(3,4)29-23)30(5)21-10-7-16(13-25-21)20-9-8-19(22(28-20)31-6)17-14-26-27-15-17/h7-10,13-15,18,29H,11-12H2,1-6H3,(H,26,27). The average Bonchev–Trinajstić information content (AvgIpc) is 3.25. The number of nitrogens with one attached hydrogen (secondary N) is 2. The Morgan fingerprint density at radius 1 is 1.00 bits per heavy atom. The average molecular weight is 421 g/mol. The highest BCUT2D eigenvalue weighted by Gasteiger charge is 2.39. The molecule has 0 aliphatic carbocycles. The van der Waals surface area contributed by atoms with Crippen LogP contribution in [0.3, 0.4) is 0 Å². The van der Waals surface area contributed by atoms with Gasteiger partial charge in [0.15, 0.2) is 0 Å². The minimum Gasteiger partial charge on any atom is -0.481 e. The van der Waals surface area contributed by atoms with Crippen LogP contribution in [0.15, 0.2) is 42.9 Å². The first kappa shape index (κ1) is 21.3. The highest BCUT2D eigenvalue weighted by Crippen LogP contribution is 2.34. The van der Waals surface area contributed by atoms with Gasteiger partial charge in [-0.15, -0.1) is 0 Å². The summed E-state index contributed by atoms with van der Waals surface area (Å²) in [7, 11) is 3.78. The minimum atomic E-state index is 0.0951. The van der Waals surface area contributed by atoms with E-state index in [4.69, 9.17) is 14.7 Å². The van der Waals surface area contributed by atoms with Crippen LogP contribution in [0.2, 0.25) is 0 Å². The van der Waals surface area contributed by atoms with Crippen LogP contribution in [0.4, 0.5) is 5.82 Å². The van der Waals surface area contributed by atoms with Crippen LogP contribution < -0.4 is 15.0 Å². The van der Waals surface area contributed by atoms with E-state index in [2.05, 4.69) is 67.3 Å². The molecular formula is C24H32N6O. The Balaban J connectivity index is 1.56. The van der Waals surface area contributed by atoms with Crippen molar-refractivity contribution in [1.82, 2.24) is 25.5 Å². The maximum absolute atomic E-state index is 5.52.